The minimum absolute atomic E-state index is 0.303. The zero-order valence-electron chi connectivity index (χ0n) is 11.5. The average molecular weight is 270 g/mol. The third kappa shape index (κ3) is 2.47. The van der Waals surface area contributed by atoms with E-state index in [-0.39, 0.29) is 0 Å². The first-order chi connectivity index (χ1) is 9.75. The van der Waals surface area contributed by atoms with E-state index in [1.165, 1.54) is 0 Å². The van der Waals surface area contributed by atoms with Crippen molar-refractivity contribution >= 4 is 16.5 Å². The highest BCUT2D eigenvalue weighted by Gasteiger charge is 2.12. The molecule has 2 aromatic rings. The smallest absolute Gasteiger partial charge is 0.132 e. The van der Waals surface area contributed by atoms with Crippen LogP contribution in [0, 0.1) is 0 Å². The summed E-state index contributed by atoms with van der Waals surface area (Å²) >= 11 is 0. The first kappa shape index (κ1) is 12.9. The number of hydrazone groups is 1. The van der Waals surface area contributed by atoms with E-state index in [4.69, 9.17) is 4.74 Å². The molecule has 0 unspecified atom stereocenters. The Hall–Kier alpha value is -2.07. The minimum Gasteiger partial charge on any atom is -0.507 e. The highest BCUT2D eigenvalue weighted by molar-refractivity contribution is 6.06. The first-order valence-corrected chi connectivity index (χ1v) is 6.85. The van der Waals surface area contributed by atoms with Gasteiger partial charge in [0.05, 0.1) is 32.0 Å². The summed E-state index contributed by atoms with van der Waals surface area (Å²) < 4.78 is 5.31. The van der Waals surface area contributed by atoms with Gasteiger partial charge in [-0.2, -0.15) is 5.10 Å². The van der Waals surface area contributed by atoms with Crippen molar-refractivity contribution in [3.05, 3.63) is 42.0 Å². The molecular formula is C16H18N2O2. The quantitative estimate of drug-likeness (QED) is 0.853. The monoisotopic (exact) mass is 270 g/mol. The Morgan fingerprint density at radius 3 is 2.70 bits per heavy atom. The molecule has 0 radical (unpaired) electrons. The van der Waals surface area contributed by atoms with Gasteiger partial charge in [0.1, 0.15) is 5.75 Å². The normalized spacial score (nSPS) is 16.6. The third-order valence-electron chi connectivity index (χ3n) is 3.57. The molecular weight excluding hydrogens is 252 g/mol. The Morgan fingerprint density at radius 1 is 1.15 bits per heavy atom. The molecule has 4 nitrogen and oxygen atoms in total. The van der Waals surface area contributed by atoms with Gasteiger partial charge in [0.15, 0.2) is 0 Å². The Kier molecular flexibility index (Phi) is 3.56. The lowest BCUT2D eigenvalue weighted by Crippen LogP contribution is -2.33. The molecule has 20 heavy (non-hydrogen) atoms. The number of hydrogen-bond acceptors (Lipinski definition) is 4. The molecule has 0 atom stereocenters. The molecule has 3 rings (SSSR count). The predicted molar refractivity (Wildman–Crippen MR) is 80.2 cm³/mol. The average Bonchev–Trinajstić information content (AvgIpc) is 2.49. The van der Waals surface area contributed by atoms with Gasteiger partial charge in [0.2, 0.25) is 0 Å². The van der Waals surface area contributed by atoms with Crippen LogP contribution in [0.1, 0.15) is 12.5 Å². The Bertz CT molecular complexity index is 646. The summed E-state index contributed by atoms with van der Waals surface area (Å²) in [5.74, 6) is 0.303. The van der Waals surface area contributed by atoms with Gasteiger partial charge in [-0.3, -0.25) is 5.01 Å². The van der Waals surface area contributed by atoms with E-state index in [0.717, 1.165) is 35.1 Å². The number of phenolic OH excluding ortho intramolecular Hbond substituents is 1. The lowest BCUT2D eigenvalue weighted by Gasteiger charge is -2.24. The van der Waals surface area contributed by atoms with Crippen LogP contribution in [-0.2, 0) is 4.74 Å². The van der Waals surface area contributed by atoms with Gasteiger partial charge in [0, 0.05) is 10.9 Å². The third-order valence-corrected chi connectivity index (χ3v) is 3.57. The second kappa shape index (κ2) is 5.51. The molecule has 1 fully saturated rings. The summed E-state index contributed by atoms with van der Waals surface area (Å²) in [4.78, 5) is 0. The van der Waals surface area contributed by atoms with Crippen LogP contribution in [0.25, 0.3) is 10.8 Å². The molecule has 1 N–H and O–H groups in total. The van der Waals surface area contributed by atoms with Crippen molar-refractivity contribution in [2.75, 3.05) is 26.3 Å². The maximum Gasteiger partial charge on any atom is 0.132 e. The van der Waals surface area contributed by atoms with Crippen LogP contribution in [0.5, 0.6) is 5.75 Å². The fourth-order valence-electron chi connectivity index (χ4n) is 2.47. The van der Waals surface area contributed by atoms with Crippen molar-refractivity contribution in [2.45, 2.75) is 6.92 Å². The van der Waals surface area contributed by atoms with E-state index in [1.54, 1.807) is 0 Å². The van der Waals surface area contributed by atoms with Gasteiger partial charge < -0.3 is 9.84 Å². The summed E-state index contributed by atoms with van der Waals surface area (Å²) in [5, 5.41) is 18.9. The molecule has 0 amide bonds. The van der Waals surface area contributed by atoms with Crippen molar-refractivity contribution in [1.82, 2.24) is 5.01 Å². The number of hydrogen-bond donors (Lipinski definition) is 1. The van der Waals surface area contributed by atoms with Gasteiger partial charge in [0.25, 0.3) is 0 Å². The van der Waals surface area contributed by atoms with Crippen LogP contribution in [0.3, 0.4) is 0 Å². The second-order valence-electron chi connectivity index (χ2n) is 4.93. The second-order valence-corrected chi connectivity index (χ2v) is 4.93. The van der Waals surface area contributed by atoms with Crippen molar-refractivity contribution < 1.29 is 9.84 Å². The Labute approximate surface area is 118 Å². The summed E-state index contributed by atoms with van der Waals surface area (Å²) in [5.41, 5.74) is 1.62. The summed E-state index contributed by atoms with van der Waals surface area (Å²) in [6, 6.07) is 11.8. The fraction of sp³-hybridized carbons (Fsp3) is 0.312. The standard InChI is InChI=1S/C16H18N2O2/c1-12(17-18-8-10-20-11-9-18)14-7-6-13-4-2-3-5-15(13)16(14)19/h2-7,19H,8-11H2,1H3/b17-12+. The number of fused-ring (bicyclic) bond motifs is 1. The zero-order valence-corrected chi connectivity index (χ0v) is 11.5. The molecule has 0 spiro atoms. The number of rotatable bonds is 2. The number of phenols is 1. The SMILES string of the molecule is C/C(=N\N1CCOCC1)c1ccc2ccccc2c1O. The largest absolute Gasteiger partial charge is 0.507 e. The van der Waals surface area contributed by atoms with Gasteiger partial charge in [-0.15, -0.1) is 0 Å². The Morgan fingerprint density at radius 2 is 1.90 bits per heavy atom. The number of nitrogens with zero attached hydrogens (tertiary/aromatic N) is 2. The van der Waals surface area contributed by atoms with Crippen LogP contribution in [0.15, 0.2) is 41.5 Å². The highest BCUT2D eigenvalue weighted by atomic mass is 16.5. The van der Waals surface area contributed by atoms with Crippen LogP contribution in [-0.4, -0.2) is 42.1 Å². The van der Waals surface area contributed by atoms with Gasteiger partial charge >= 0.3 is 0 Å². The van der Waals surface area contributed by atoms with E-state index < -0.39 is 0 Å². The number of aromatic hydroxyl groups is 1. The zero-order chi connectivity index (χ0) is 13.9. The topological polar surface area (TPSA) is 45.1 Å². The van der Waals surface area contributed by atoms with Crippen molar-refractivity contribution in [2.24, 2.45) is 5.10 Å². The minimum atomic E-state index is 0.303. The number of ether oxygens (including phenoxy) is 1. The van der Waals surface area contributed by atoms with Crippen molar-refractivity contribution in [3.63, 3.8) is 0 Å². The molecule has 104 valence electrons. The molecule has 1 heterocycles. The van der Waals surface area contributed by atoms with E-state index in [0.29, 0.717) is 19.0 Å². The molecule has 2 aromatic carbocycles. The van der Waals surface area contributed by atoms with Gasteiger partial charge in [-0.25, -0.2) is 0 Å². The molecule has 1 aliphatic heterocycles. The van der Waals surface area contributed by atoms with E-state index in [9.17, 15) is 5.11 Å². The summed E-state index contributed by atoms with van der Waals surface area (Å²) in [6.45, 7) is 4.94. The fourth-order valence-corrected chi connectivity index (χ4v) is 2.47. The highest BCUT2D eigenvalue weighted by Crippen LogP contribution is 2.29. The molecule has 1 aliphatic rings. The Balaban J connectivity index is 1.96. The molecule has 1 saturated heterocycles. The van der Waals surface area contributed by atoms with E-state index in [2.05, 4.69) is 5.10 Å². The molecule has 0 aromatic heterocycles. The van der Waals surface area contributed by atoms with Gasteiger partial charge in [-0.05, 0) is 18.4 Å². The molecule has 0 bridgehead atoms. The molecule has 0 saturated carbocycles. The van der Waals surface area contributed by atoms with Crippen molar-refractivity contribution in [3.8, 4) is 5.75 Å². The summed E-state index contributed by atoms with van der Waals surface area (Å²) in [7, 11) is 0. The number of benzene rings is 2. The van der Waals surface area contributed by atoms with Gasteiger partial charge in [-0.1, -0.05) is 30.3 Å². The number of morpholine rings is 1. The summed E-state index contributed by atoms with van der Waals surface area (Å²) in [6.07, 6.45) is 0. The van der Waals surface area contributed by atoms with E-state index in [1.807, 2.05) is 48.3 Å². The van der Waals surface area contributed by atoms with Crippen LogP contribution < -0.4 is 0 Å². The van der Waals surface area contributed by atoms with E-state index >= 15 is 0 Å². The maximum absolute atomic E-state index is 10.4. The van der Waals surface area contributed by atoms with Crippen LogP contribution in [0.2, 0.25) is 0 Å². The molecule has 0 aliphatic carbocycles. The van der Waals surface area contributed by atoms with Crippen molar-refractivity contribution in [1.29, 1.82) is 0 Å². The first-order valence-electron chi connectivity index (χ1n) is 6.85. The van der Waals surface area contributed by atoms with Crippen LogP contribution in [0.4, 0.5) is 0 Å². The molecule has 4 heteroatoms. The lowest BCUT2D eigenvalue weighted by molar-refractivity contribution is 0.0393. The lowest BCUT2D eigenvalue weighted by atomic mass is 10.0. The maximum atomic E-state index is 10.4. The van der Waals surface area contributed by atoms with Crippen LogP contribution >= 0.6 is 0 Å². The predicted octanol–water partition coefficient (Wildman–Crippen LogP) is 2.60.